The summed E-state index contributed by atoms with van der Waals surface area (Å²) in [7, 11) is 0.540. The molecule has 0 bridgehead atoms. The molecule has 0 unspecified atom stereocenters. The van der Waals surface area contributed by atoms with E-state index in [0.29, 0.717) is 32.3 Å². The Labute approximate surface area is 197 Å². The highest BCUT2D eigenvalue weighted by Crippen LogP contribution is 2.29. The number of pyridine rings is 1. The zero-order chi connectivity index (χ0) is 23.5. The average Bonchev–Trinajstić information content (AvgIpc) is 3.12. The van der Waals surface area contributed by atoms with Gasteiger partial charge in [-0.2, -0.15) is 0 Å². The molecule has 0 aliphatic rings. The molecule has 0 fully saturated rings. The van der Waals surface area contributed by atoms with Gasteiger partial charge in [0.15, 0.2) is 6.29 Å². The summed E-state index contributed by atoms with van der Waals surface area (Å²) >= 11 is 7.00. The Hall–Kier alpha value is -2.26. The van der Waals surface area contributed by atoms with Crippen molar-refractivity contribution in [1.29, 1.82) is 0 Å². The summed E-state index contributed by atoms with van der Waals surface area (Å²) in [6, 6.07) is 8.13. The fourth-order valence-electron chi connectivity index (χ4n) is 3.27. The van der Waals surface area contributed by atoms with Crippen LogP contribution in [-0.4, -0.2) is 31.4 Å². The van der Waals surface area contributed by atoms with Gasteiger partial charge in [0.1, 0.15) is 10.3 Å². The third-order valence-corrected chi connectivity index (χ3v) is 8.20. The fraction of sp³-hybridized carbons (Fsp3) is 0.348. The summed E-state index contributed by atoms with van der Waals surface area (Å²) in [5, 5.41) is 3.39. The maximum absolute atomic E-state index is 13.1. The molecule has 0 aliphatic heterocycles. The van der Waals surface area contributed by atoms with Gasteiger partial charge in [0.2, 0.25) is 5.43 Å². The minimum absolute atomic E-state index is 0.0406. The number of benzene rings is 1. The minimum Gasteiger partial charge on any atom is -0.377 e. The molecule has 0 saturated heterocycles. The van der Waals surface area contributed by atoms with Gasteiger partial charge in [-0.05, 0) is 23.7 Å². The molecule has 0 spiro atoms. The number of carbonyl (C=O) groups excluding carboxylic acids is 2. The first kappa shape index (κ1) is 24.4. The van der Waals surface area contributed by atoms with Gasteiger partial charge in [0.05, 0.1) is 17.0 Å². The maximum Gasteiger partial charge on any atom is 0.257 e. The number of amides is 1. The van der Waals surface area contributed by atoms with Crippen LogP contribution in [0.5, 0.6) is 0 Å². The van der Waals surface area contributed by atoms with Gasteiger partial charge in [-0.25, -0.2) is 0 Å². The van der Waals surface area contributed by atoms with Crippen LogP contribution in [0.2, 0.25) is 30.7 Å². The molecule has 2 aromatic heterocycles. The fourth-order valence-corrected chi connectivity index (χ4v) is 5.26. The van der Waals surface area contributed by atoms with E-state index in [-0.39, 0.29) is 24.1 Å². The van der Waals surface area contributed by atoms with Crippen molar-refractivity contribution in [3.8, 4) is 0 Å². The third kappa shape index (κ3) is 5.75. The van der Waals surface area contributed by atoms with Crippen molar-refractivity contribution in [2.75, 3.05) is 6.61 Å². The molecule has 32 heavy (non-hydrogen) atoms. The monoisotopic (exact) mass is 490 g/mol. The molecule has 9 heteroatoms. The molecule has 1 amide bonds. The number of aromatic nitrogens is 1. The molecule has 0 saturated carbocycles. The number of rotatable bonds is 9. The highest BCUT2D eigenvalue weighted by Gasteiger charge is 2.21. The molecule has 3 aromatic rings. The molecule has 6 nitrogen and oxygen atoms in total. The number of ether oxygens (including phenoxy) is 1. The van der Waals surface area contributed by atoms with Crippen LogP contribution in [0.15, 0.2) is 35.3 Å². The SMILES string of the molecule is Cn1cc(C(=O)NCc2ccc(Cl)cc2)c(=O)c2sc(C=O)c(COCC[Si](C)(C)C)c21. The lowest BCUT2D eigenvalue weighted by atomic mass is 10.1. The van der Waals surface area contributed by atoms with Gasteiger partial charge in [-0.3, -0.25) is 14.4 Å². The second kappa shape index (κ2) is 10.1. The maximum atomic E-state index is 13.1. The molecule has 0 aliphatic carbocycles. The van der Waals surface area contributed by atoms with E-state index in [0.717, 1.165) is 29.2 Å². The molecular weight excluding hydrogens is 464 g/mol. The highest BCUT2D eigenvalue weighted by atomic mass is 35.5. The predicted molar refractivity (Wildman–Crippen MR) is 133 cm³/mol. The topological polar surface area (TPSA) is 77.4 Å². The van der Waals surface area contributed by atoms with Gasteiger partial charge in [0, 0.05) is 45.1 Å². The minimum atomic E-state index is -1.23. The lowest BCUT2D eigenvalue weighted by Gasteiger charge is -2.15. The summed E-state index contributed by atoms with van der Waals surface area (Å²) in [5.74, 6) is -0.462. The van der Waals surface area contributed by atoms with E-state index in [2.05, 4.69) is 25.0 Å². The zero-order valence-corrected chi connectivity index (χ0v) is 21.2. The number of fused-ring (bicyclic) bond motifs is 1. The van der Waals surface area contributed by atoms with Crippen molar-refractivity contribution in [3.05, 3.63) is 67.3 Å². The molecular formula is C23H27ClN2O4SSi. The largest absolute Gasteiger partial charge is 0.377 e. The van der Waals surface area contributed by atoms with Crippen molar-refractivity contribution >= 4 is 53.4 Å². The average molecular weight is 491 g/mol. The number of aryl methyl sites for hydroxylation is 1. The van der Waals surface area contributed by atoms with Crippen LogP contribution >= 0.6 is 22.9 Å². The Balaban J connectivity index is 1.85. The molecule has 2 heterocycles. The molecule has 1 N–H and O–H groups in total. The number of carbonyl (C=O) groups is 2. The van der Waals surface area contributed by atoms with Gasteiger partial charge >= 0.3 is 0 Å². The van der Waals surface area contributed by atoms with Crippen LogP contribution < -0.4 is 10.7 Å². The first-order chi connectivity index (χ1) is 15.1. The van der Waals surface area contributed by atoms with E-state index in [1.54, 1.807) is 23.7 Å². The second-order valence-electron chi connectivity index (χ2n) is 8.90. The van der Waals surface area contributed by atoms with E-state index in [4.69, 9.17) is 16.3 Å². The first-order valence-corrected chi connectivity index (χ1v) is 15.2. The Morgan fingerprint density at radius 1 is 1.25 bits per heavy atom. The Bertz CT molecular complexity index is 1200. The van der Waals surface area contributed by atoms with Crippen molar-refractivity contribution in [3.63, 3.8) is 0 Å². The predicted octanol–water partition coefficient (Wildman–Crippen LogP) is 4.85. The molecule has 3 rings (SSSR count). The number of aldehydes is 1. The van der Waals surface area contributed by atoms with E-state index < -0.39 is 14.0 Å². The second-order valence-corrected chi connectivity index (χ2v) is 16.0. The number of nitrogens with zero attached hydrogens (tertiary/aromatic N) is 1. The Kier molecular flexibility index (Phi) is 7.71. The van der Waals surface area contributed by atoms with E-state index >= 15 is 0 Å². The van der Waals surface area contributed by atoms with E-state index in [1.165, 1.54) is 6.20 Å². The molecule has 1 aromatic carbocycles. The number of thiophene rings is 1. The normalized spacial score (nSPS) is 11.7. The lowest BCUT2D eigenvalue weighted by Crippen LogP contribution is -2.29. The quantitative estimate of drug-likeness (QED) is 0.264. The van der Waals surface area contributed by atoms with E-state index in [1.807, 2.05) is 12.1 Å². The van der Waals surface area contributed by atoms with Gasteiger partial charge < -0.3 is 14.6 Å². The van der Waals surface area contributed by atoms with Crippen molar-refractivity contribution < 1.29 is 14.3 Å². The van der Waals surface area contributed by atoms with Crippen molar-refractivity contribution in [2.45, 2.75) is 38.8 Å². The van der Waals surface area contributed by atoms with Gasteiger partial charge in [-0.15, -0.1) is 11.3 Å². The first-order valence-electron chi connectivity index (χ1n) is 10.3. The van der Waals surface area contributed by atoms with Crippen LogP contribution in [0.1, 0.15) is 31.2 Å². The van der Waals surface area contributed by atoms with Crippen molar-refractivity contribution in [1.82, 2.24) is 9.88 Å². The van der Waals surface area contributed by atoms with Crippen molar-refractivity contribution in [2.24, 2.45) is 7.05 Å². The summed E-state index contributed by atoms with van der Waals surface area (Å²) in [6.07, 6.45) is 2.27. The van der Waals surface area contributed by atoms with Crippen LogP contribution in [0, 0.1) is 0 Å². The molecule has 170 valence electrons. The van der Waals surface area contributed by atoms with Crippen LogP contribution in [0.3, 0.4) is 0 Å². The van der Waals surface area contributed by atoms with Crippen LogP contribution in [0.4, 0.5) is 0 Å². The molecule has 0 atom stereocenters. The Morgan fingerprint density at radius 2 is 1.94 bits per heavy atom. The molecule has 0 radical (unpaired) electrons. The number of hydrogen-bond acceptors (Lipinski definition) is 5. The summed E-state index contributed by atoms with van der Waals surface area (Å²) in [5.41, 5.74) is 1.87. The smallest absolute Gasteiger partial charge is 0.257 e. The van der Waals surface area contributed by atoms with Crippen LogP contribution in [0.25, 0.3) is 10.2 Å². The number of hydrogen-bond donors (Lipinski definition) is 1. The zero-order valence-electron chi connectivity index (χ0n) is 18.7. The van der Waals surface area contributed by atoms with Gasteiger partial charge in [-0.1, -0.05) is 43.4 Å². The standard InChI is InChI=1S/C23H27ClN2O4SSi/c1-26-12-17(23(29)25-11-15-5-7-16(24)8-6-15)21(28)22-20(26)18(19(13-27)31-22)14-30-9-10-32(2,3)4/h5-8,12-13H,9-11,14H2,1-4H3,(H,25,29). The lowest BCUT2D eigenvalue weighted by molar-refractivity contribution is 0.0949. The third-order valence-electron chi connectivity index (χ3n) is 5.10. The van der Waals surface area contributed by atoms with Crippen LogP contribution in [-0.2, 0) is 24.9 Å². The summed E-state index contributed by atoms with van der Waals surface area (Å²) in [6.45, 7) is 7.97. The van der Waals surface area contributed by atoms with Gasteiger partial charge in [0.25, 0.3) is 5.91 Å². The Morgan fingerprint density at radius 3 is 2.56 bits per heavy atom. The number of halogens is 1. The summed E-state index contributed by atoms with van der Waals surface area (Å²) in [4.78, 5) is 38.0. The number of nitrogens with one attached hydrogen (secondary N) is 1. The highest BCUT2D eigenvalue weighted by molar-refractivity contribution is 7.20. The summed E-state index contributed by atoms with van der Waals surface area (Å²) < 4.78 is 7.97. The van der Waals surface area contributed by atoms with E-state index in [9.17, 15) is 14.4 Å².